The fourth-order valence-corrected chi connectivity index (χ4v) is 13.9. The zero-order valence-electron chi connectivity index (χ0n) is 80.2. The van der Waals surface area contributed by atoms with Gasteiger partial charge in [-0.3, -0.25) is 49.5 Å². The van der Waals surface area contributed by atoms with Crippen LogP contribution in [0.1, 0.15) is 392 Å². The summed E-state index contributed by atoms with van der Waals surface area (Å²) in [5.41, 5.74) is 5.74. The van der Waals surface area contributed by atoms with Gasteiger partial charge < -0.3 is 34.8 Å². The molecule has 10 aliphatic rings. The Labute approximate surface area is 726 Å². The van der Waals surface area contributed by atoms with Crippen LogP contribution in [-0.4, -0.2) is 227 Å². The molecule has 9 heterocycles. The number of piperazine rings is 1. The number of nitrogens with zero attached hydrogens (tertiary/aromatic N) is 10. The van der Waals surface area contributed by atoms with Gasteiger partial charge >= 0.3 is 0 Å². The predicted molar refractivity (Wildman–Crippen MR) is 508 cm³/mol. The highest BCUT2D eigenvalue weighted by Gasteiger charge is 2.32. The van der Waals surface area contributed by atoms with Gasteiger partial charge in [0.25, 0.3) is 0 Å². The van der Waals surface area contributed by atoms with Gasteiger partial charge in [-0.25, -0.2) is 9.98 Å². The van der Waals surface area contributed by atoms with Crippen LogP contribution in [0.5, 0.6) is 0 Å². The molecule has 2 saturated carbocycles. The molecule has 8 fully saturated rings. The van der Waals surface area contributed by atoms with Gasteiger partial charge in [0, 0.05) is 114 Å². The summed E-state index contributed by atoms with van der Waals surface area (Å²) in [6.45, 7) is 89.5. The number of morpholine rings is 1. The number of piperidine rings is 2. The van der Waals surface area contributed by atoms with E-state index >= 15 is 0 Å². The van der Waals surface area contributed by atoms with Gasteiger partial charge in [0.15, 0.2) is 6.73 Å². The van der Waals surface area contributed by atoms with E-state index < -0.39 is 0 Å². The maximum atomic E-state index is 11.7. The minimum Gasteiger partial charge on any atom is -0.378 e. The molecule has 0 bridgehead atoms. The summed E-state index contributed by atoms with van der Waals surface area (Å²) >= 11 is 0. The Balaban J connectivity index is -0.000000599. The molecule has 1 aromatic rings. The first-order valence-corrected chi connectivity index (χ1v) is 44.7. The van der Waals surface area contributed by atoms with Crippen LogP contribution >= 0.6 is 0 Å². The van der Waals surface area contributed by atoms with E-state index in [0.717, 1.165) is 57.3 Å². The minimum absolute atomic E-state index is 0. The number of carbonyl (C=O) groups is 3. The molecule has 0 radical (unpaired) electrons. The normalized spacial score (nSPS) is 19.5. The number of amidine groups is 1. The van der Waals surface area contributed by atoms with Crippen LogP contribution in [0.3, 0.4) is 0 Å². The zero-order valence-corrected chi connectivity index (χ0v) is 80.2. The molecule has 117 heavy (non-hydrogen) atoms. The molecular weight excluding hydrogens is 1460 g/mol. The number of nitrogens with one attached hydrogen (secondary N) is 4. The minimum atomic E-state index is -0.253. The van der Waals surface area contributed by atoms with Crippen molar-refractivity contribution in [1.82, 2.24) is 60.7 Å². The molecule has 694 valence electrons. The van der Waals surface area contributed by atoms with Crippen molar-refractivity contribution < 1.29 is 28.7 Å². The van der Waals surface area contributed by atoms with Crippen molar-refractivity contribution in [2.45, 2.75) is 426 Å². The van der Waals surface area contributed by atoms with Crippen molar-refractivity contribution in [3.63, 3.8) is 0 Å². The van der Waals surface area contributed by atoms with Gasteiger partial charge in [-0.05, 0) is 229 Å². The van der Waals surface area contributed by atoms with Crippen LogP contribution in [0, 0.1) is 32.5 Å². The average molecular weight is 1660 g/mol. The lowest BCUT2D eigenvalue weighted by Crippen LogP contribution is -2.49. The molecule has 1 aromatic heterocycles. The van der Waals surface area contributed by atoms with E-state index in [2.05, 4.69) is 227 Å². The van der Waals surface area contributed by atoms with Crippen LogP contribution in [0.4, 0.5) is 0 Å². The number of hydroxylamine groups is 1. The molecule has 0 aromatic carbocycles. The summed E-state index contributed by atoms with van der Waals surface area (Å²) in [5.74, 6) is 2.55. The van der Waals surface area contributed by atoms with Crippen LogP contribution < -0.4 is 16.1 Å². The maximum absolute atomic E-state index is 11.7. The van der Waals surface area contributed by atoms with E-state index in [1.165, 1.54) is 193 Å². The van der Waals surface area contributed by atoms with Crippen molar-refractivity contribution in [2.24, 2.45) is 42.5 Å². The molecule has 2 aliphatic carbocycles. The summed E-state index contributed by atoms with van der Waals surface area (Å²) in [7, 11) is 0. The molecular formula is C97H200N14O6. The molecule has 0 spiro atoms. The third-order valence-electron chi connectivity index (χ3n) is 20.9. The van der Waals surface area contributed by atoms with Crippen LogP contribution in [0.2, 0.25) is 0 Å². The molecule has 0 unspecified atom stereocenters. The number of hydrogen-bond donors (Lipinski definition) is 4. The molecule has 6 saturated heterocycles. The summed E-state index contributed by atoms with van der Waals surface area (Å²) in [4.78, 5) is 66.1. The third kappa shape index (κ3) is 57.2. The van der Waals surface area contributed by atoms with Gasteiger partial charge in [0.2, 0.25) is 17.7 Å². The molecule has 20 nitrogen and oxygen atoms in total. The molecule has 4 N–H and O–H groups in total. The molecule has 20 heteroatoms. The number of hydrogen-bond acceptors (Lipinski definition) is 16. The number of ether oxygens (including phenoxy) is 2. The number of allylic oxidation sites excluding steroid dienone is 1. The van der Waals surface area contributed by atoms with Crippen molar-refractivity contribution in [1.29, 1.82) is 0 Å². The van der Waals surface area contributed by atoms with Crippen molar-refractivity contribution >= 4 is 29.8 Å². The summed E-state index contributed by atoms with van der Waals surface area (Å²) in [5, 5.41) is 12.9. The predicted octanol–water partition coefficient (Wildman–Crippen LogP) is 22.1. The molecule has 3 amide bonds. The van der Waals surface area contributed by atoms with Crippen LogP contribution in [0.15, 0.2) is 28.1 Å². The van der Waals surface area contributed by atoms with E-state index in [-0.39, 0.29) is 80.1 Å². The largest absolute Gasteiger partial charge is 0.378 e. The molecule has 11 rings (SSSR count). The van der Waals surface area contributed by atoms with Crippen LogP contribution in [0.25, 0.3) is 0 Å². The van der Waals surface area contributed by atoms with Gasteiger partial charge in [0.1, 0.15) is 18.0 Å². The number of likely N-dealkylation sites (tertiary alicyclic amines) is 4. The van der Waals surface area contributed by atoms with E-state index in [0.29, 0.717) is 59.5 Å². The lowest BCUT2D eigenvalue weighted by Gasteiger charge is -2.38. The quantitative estimate of drug-likeness (QED) is 0.223. The number of H-pyrrole nitrogens is 1. The Hall–Kier alpha value is -3.89. The Morgan fingerprint density at radius 2 is 0.863 bits per heavy atom. The summed E-state index contributed by atoms with van der Waals surface area (Å²) in [6, 6.07) is 0.445. The fraction of sp³-hybridized carbons (Fsp3) is 0.907. The number of aromatic nitrogens is 3. The lowest BCUT2D eigenvalue weighted by atomic mass is 9.86. The van der Waals surface area contributed by atoms with Crippen LogP contribution in [-0.2, 0) is 34.1 Å². The maximum Gasteiger partial charge on any atom is 0.228 e. The Bertz CT molecular complexity index is 2670. The summed E-state index contributed by atoms with van der Waals surface area (Å²) < 4.78 is 11.0. The second-order valence-electron chi connectivity index (χ2n) is 44.1. The van der Waals surface area contributed by atoms with Gasteiger partial charge in [0.05, 0.1) is 24.9 Å². The fourth-order valence-electron chi connectivity index (χ4n) is 13.9. The van der Waals surface area contributed by atoms with Crippen molar-refractivity contribution in [2.75, 3.05) is 118 Å². The molecule has 8 aliphatic heterocycles. The van der Waals surface area contributed by atoms with E-state index in [9.17, 15) is 14.4 Å². The topological polar surface area (TPSA) is 201 Å². The number of aliphatic imine (C=N–C) groups is 2. The Morgan fingerprint density at radius 1 is 0.470 bits per heavy atom. The van der Waals surface area contributed by atoms with Gasteiger partial charge in [-0.1, -0.05) is 220 Å². The standard InChI is InChI=1S/C11H21NO.C10H21N.C9H18N2O.C9H17NO2.C9H19N.C9H18O.C8H13N.2C8H17N.C6H11N3.C6H12N2O.4CH4/c1-11(2,3)10(13)12-9-7-5-4-6-8-9;1-10(2,3)9-11-7-5-4-6-8-11;1-9(2,3)8(12)11-6-4-10-5-7-11;1-9(2,3)8(11)10-4-6-12-7-5-10;1-9(2,3)10-7-5-4-6-8-10;1-9(2,3)10-8-6-4-5-7-8;1-8(2,3)7-4-5-9-6-7;2*1-8(2,3)9-6-4-5-7-9;1-6(2,3)5-7-4-8-9-5;1-6(2,3)5-7-4-9-8-5;;;;/h9H,4-8H2,1-3H3,(H,12,13);4-9H2,1-3H3;10H,4-7H2,1-3H3;4-7H2,1-3H3;4-8H2,1-3H3;8H,4-7H2,1-3H3;5-6H,4H2,1-3H3;2*4-7H2,1-3H3;4H,1-3H3,(H,7,8,9);4H2,1-3H3,(H,7,8);4*1H4. The third-order valence-corrected chi connectivity index (χ3v) is 20.9. The molecule has 0 atom stereocenters. The number of amides is 3. The average Bonchev–Trinajstić information content (AvgIpc) is 1.87. The highest BCUT2D eigenvalue weighted by molar-refractivity contribution is 5.87. The Morgan fingerprint density at radius 3 is 1.15 bits per heavy atom. The lowest BCUT2D eigenvalue weighted by molar-refractivity contribution is -0.143. The van der Waals surface area contributed by atoms with Crippen molar-refractivity contribution in [3.05, 3.63) is 23.9 Å². The van der Waals surface area contributed by atoms with Gasteiger partial charge in [-0.15, -0.1) is 0 Å². The highest BCUT2D eigenvalue weighted by Crippen LogP contribution is 2.31. The second kappa shape index (κ2) is 56.8. The first-order valence-electron chi connectivity index (χ1n) is 44.7. The number of aromatic amines is 1. The smallest absolute Gasteiger partial charge is 0.228 e. The van der Waals surface area contributed by atoms with Crippen molar-refractivity contribution in [3.8, 4) is 0 Å². The first-order chi connectivity index (χ1) is 51.8. The number of carbonyl (C=O) groups excluding carboxylic acids is 3. The Kier molecular flexibility index (Phi) is 58.0. The highest BCUT2D eigenvalue weighted by atomic mass is 16.7. The van der Waals surface area contributed by atoms with E-state index in [4.69, 9.17) is 14.3 Å². The first kappa shape index (κ1) is 119. The van der Waals surface area contributed by atoms with E-state index in [1.54, 1.807) is 0 Å². The van der Waals surface area contributed by atoms with Gasteiger partial charge in [-0.2, -0.15) is 5.10 Å². The monoisotopic (exact) mass is 1660 g/mol. The van der Waals surface area contributed by atoms with E-state index in [1.807, 2.05) is 84.5 Å². The number of rotatable bonds is 3. The SMILES string of the molecule is C.C.C.C.CC(C)(C)C(=O)N1CCNCC1.CC(C)(C)C(=O)N1CCOCC1.CC(C)(C)C(=O)NC1CCCCC1.CC(C)(C)C1=CN=CC1.CC(C)(C)C1=NCON1.CC(C)(C)CN1CCCCC1.CC(C)(C)N1CCCC1.CC(C)(C)N1CCCC1.CC(C)(C)N1CCCCC1.CC(C)(C)OC1CCCC1.CC(C)(C)c1ncn[nH]1. The zero-order chi connectivity index (χ0) is 86.4. The second-order valence-corrected chi connectivity index (χ2v) is 44.1. The summed E-state index contributed by atoms with van der Waals surface area (Å²) in [6.07, 6.45) is 32.7.